The molecule has 2 heteroatoms. The summed E-state index contributed by atoms with van der Waals surface area (Å²) in [6.45, 7) is 0. The van der Waals surface area contributed by atoms with Crippen molar-refractivity contribution in [1.29, 1.82) is 5.26 Å². The molecule has 0 saturated carbocycles. The van der Waals surface area contributed by atoms with Crippen molar-refractivity contribution >= 4 is 6.08 Å². The Labute approximate surface area is 72.1 Å². The van der Waals surface area contributed by atoms with Gasteiger partial charge in [0.15, 0.2) is 0 Å². The van der Waals surface area contributed by atoms with E-state index in [1.807, 2.05) is 12.1 Å². The molecule has 0 aliphatic rings. The molecule has 0 saturated heterocycles. The van der Waals surface area contributed by atoms with Crippen LogP contribution in [0.4, 0.5) is 0 Å². The Morgan fingerprint density at radius 1 is 1.58 bits per heavy atom. The van der Waals surface area contributed by atoms with E-state index in [1.54, 1.807) is 12.5 Å². The highest BCUT2D eigenvalue weighted by Gasteiger charge is 1.85. The highest BCUT2D eigenvalue weighted by Crippen LogP contribution is 2.04. The van der Waals surface area contributed by atoms with Gasteiger partial charge >= 0.3 is 0 Å². The molecule has 1 rings (SSSR count). The zero-order chi connectivity index (χ0) is 8.65. The Morgan fingerprint density at radius 2 is 2.50 bits per heavy atom. The molecule has 0 radical (unpaired) electrons. The molecule has 12 heavy (non-hydrogen) atoms. The molecule has 0 atom stereocenters. The number of furan rings is 1. The number of rotatable bonds is 4. The maximum atomic E-state index is 8.26. The number of nitriles is 1. The van der Waals surface area contributed by atoms with Gasteiger partial charge in [0.1, 0.15) is 0 Å². The minimum absolute atomic E-state index is 0.635. The van der Waals surface area contributed by atoms with E-state index in [0.29, 0.717) is 6.42 Å². The van der Waals surface area contributed by atoms with Gasteiger partial charge in [-0.05, 0) is 18.9 Å². The van der Waals surface area contributed by atoms with E-state index < -0.39 is 0 Å². The van der Waals surface area contributed by atoms with Crippen LogP contribution in [0.1, 0.15) is 24.8 Å². The van der Waals surface area contributed by atoms with E-state index in [1.165, 1.54) is 0 Å². The fraction of sp³-hybridized carbons (Fsp3) is 0.300. The van der Waals surface area contributed by atoms with Crippen molar-refractivity contribution in [3.63, 3.8) is 0 Å². The van der Waals surface area contributed by atoms with Crippen LogP contribution in [0, 0.1) is 11.3 Å². The lowest BCUT2D eigenvalue weighted by molar-refractivity contribution is 0.567. The molecule has 1 aromatic heterocycles. The molecule has 0 bridgehead atoms. The first-order chi connectivity index (χ1) is 5.93. The Hall–Kier alpha value is -1.49. The Morgan fingerprint density at radius 3 is 3.17 bits per heavy atom. The monoisotopic (exact) mass is 161 g/mol. The molecule has 0 aromatic carbocycles. The smallest absolute Gasteiger partial charge is 0.0974 e. The molecule has 0 spiro atoms. The van der Waals surface area contributed by atoms with Crippen molar-refractivity contribution in [1.82, 2.24) is 0 Å². The second kappa shape index (κ2) is 5.20. The minimum atomic E-state index is 0.635. The number of hydrogen-bond donors (Lipinski definition) is 0. The molecule has 0 aliphatic heterocycles. The van der Waals surface area contributed by atoms with Crippen LogP contribution in [-0.2, 0) is 0 Å². The molecule has 0 unspecified atom stereocenters. The first-order valence-corrected chi connectivity index (χ1v) is 3.99. The van der Waals surface area contributed by atoms with Gasteiger partial charge in [-0.15, -0.1) is 0 Å². The van der Waals surface area contributed by atoms with Crippen LogP contribution in [0.3, 0.4) is 0 Å². The summed E-state index contributed by atoms with van der Waals surface area (Å²) in [5.41, 5.74) is 1.08. The summed E-state index contributed by atoms with van der Waals surface area (Å²) in [6, 6.07) is 4.01. The number of hydrogen-bond acceptors (Lipinski definition) is 2. The first-order valence-electron chi connectivity index (χ1n) is 3.99. The van der Waals surface area contributed by atoms with Gasteiger partial charge in [0, 0.05) is 12.0 Å². The third-order valence-electron chi connectivity index (χ3n) is 1.51. The second-order valence-corrected chi connectivity index (χ2v) is 2.51. The van der Waals surface area contributed by atoms with E-state index in [-0.39, 0.29) is 0 Å². The number of nitrogens with zero attached hydrogens (tertiary/aromatic N) is 1. The van der Waals surface area contributed by atoms with Crippen LogP contribution >= 0.6 is 0 Å². The average molecular weight is 161 g/mol. The molecule has 0 N–H and O–H groups in total. The third-order valence-corrected chi connectivity index (χ3v) is 1.51. The quantitative estimate of drug-likeness (QED) is 0.636. The van der Waals surface area contributed by atoms with Crippen molar-refractivity contribution < 1.29 is 4.42 Å². The topological polar surface area (TPSA) is 36.9 Å². The van der Waals surface area contributed by atoms with Crippen LogP contribution in [0.25, 0.3) is 6.08 Å². The summed E-state index contributed by atoms with van der Waals surface area (Å²) in [5, 5.41) is 8.26. The predicted octanol–water partition coefficient (Wildman–Crippen LogP) is 2.99. The van der Waals surface area contributed by atoms with E-state index >= 15 is 0 Å². The SMILES string of the molecule is N#CCCC/C=C/c1ccoc1. The van der Waals surface area contributed by atoms with Crippen LogP contribution < -0.4 is 0 Å². The molecule has 0 amide bonds. The zero-order valence-electron chi connectivity index (χ0n) is 6.86. The van der Waals surface area contributed by atoms with Gasteiger partial charge in [-0.3, -0.25) is 0 Å². The van der Waals surface area contributed by atoms with Crippen LogP contribution in [0.5, 0.6) is 0 Å². The zero-order valence-corrected chi connectivity index (χ0v) is 6.86. The van der Waals surface area contributed by atoms with E-state index in [0.717, 1.165) is 18.4 Å². The Balaban J connectivity index is 2.20. The lowest BCUT2D eigenvalue weighted by Crippen LogP contribution is -1.68. The number of allylic oxidation sites excluding steroid dienone is 1. The molecular formula is C10H11NO. The van der Waals surface area contributed by atoms with Gasteiger partial charge in [0.05, 0.1) is 18.6 Å². The fourth-order valence-corrected chi connectivity index (χ4v) is 0.888. The largest absolute Gasteiger partial charge is 0.472 e. The van der Waals surface area contributed by atoms with Crippen molar-refractivity contribution in [3.05, 3.63) is 30.2 Å². The van der Waals surface area contributed by atoms with Gasteiger partial charge in [-0.2, -0.15) is 5.26 Å². The molecule has 0 aliphatic carbocycles. The lowest BCUT2D eigenvalue weighted by atomic mass is 10.2. The average Bonchev–Trinajstić information content (AvgIpc) is 2.57. The standard InChI is InChI=1S/C10H11NO/c11-7-4-2-1-3-5-10-6-8-12-9-10/h3,5-6,8-9H,1-2,4H2/b5-3+. The minimum Gasteiger partial charge on any atom is -0.472 e. The van der Waals surface area contributed by atoms with Gasteiger partial charge < -0.3 is 4.42 Å². The van der Waals surface area contributed by atoms with Gasteiger partial charge in [0.25, 0.3) is 0 Å². The molecule has 1 aromatic rings. The maximum Gasteiger partial charge on any atom is 0.0974 e. The van der Waals surface area contributed by atoms with Crippen molar-refractivity contribution in [2.24, 2.45) is 0 Å². The summed E-state index contributed by atoms with van der Waals surface area (Å²) in [5.74, 6) is 0. The molecule has 62 valence electrons. The highest BCUT2D eigenvalue weighted by atomic mass is 16.3. The van der Waals surface area contributed by atoms with E-state index in [9.17, 15) is 0 Å². The fourth-order valence-electron chi connectivity index (χ4n) is 0.888. The number of unbranched alkanes of at least 4 members (excludes halogenated alkanes) is 2. The highest BCUT2D eigenvalue weighted by molar-refractivity contribution is 5.46. The lowest BCUT2D eigenvalue weighted by Gasteiger charge is -1.85. The van der Waals surface area contributed by atoms with Crippen LogP contribution in [0.2, 0.25) is 0 Å². The third kappa shape index (κ3) is 3.07. The summed E-state index contributed by atoms with van der Waals surface area (Å²) in [7, 11) is 0. The van der Waals surface area contributed by atoms with Gasteiger partial charge in [-0.1, -0.05) is 12.2 Å². The molecular weight excluding hydrogens is 150 g/mol. The summed E-state index contributed by atoms with van der Waals surface area (Å²) in [4.78, 5) is 0. The van der Waals surface area contributed by atoms with Crippen molar-refractivity contribution in [2.45, 2.75) is 19.3 Å². The Kier molecular flexibility index (Phi) is 3.73. The molecule has 1 heterocycles. The molecule has 0 fully saturated rings. The first kappa shape index (κ1) is 8.61. The van der Waals surface area contributed by atoms with Crippen LogP contribution in [-0.4, -0.2) is 0 Å². The van der Waals surface area contributed by atoms with E-state index in [4.69, 9.17) is 9.68 Å². The van der Waals surface area contributed by atoms with Gasteiger partial charge in [-0.25, -0.2) is 0 Å². The normalized spacial score (nSPS) is 10.2. The maximum absolute atomic E-state index is 8.26. The summed E-state index contributed by atoms with van der Waals surface area (Å²) < 4.78 is 4.89. The summed E-state index contributed by atoms with van der Waals surface area (Å²) >= 11 is 0. The van der Waals surface area contributed by atoms with E-state index in [2.05, 4.69) is 12.1 Å². The van der Waals surface area contributed by atoms with Crippen LogP contribution in [0.15, 0.2) is 29.1 Å². The summed E-state index contributed by atoms with van der Waals surface area (Å²) in [6.07, 6.45) is 9.93. The second-order valence-electron chi connectivity index (χ2n) is 2.51. The molecule has 2 nitrogen and oxygen atoms in total. The Bertz CT molecular complexity index is 267. The van der Waals surface area contributed by atoms with Crippen molar-refractivity contribution in [2.75, 3.05) is 0 Å². The predicted molar refractivity (Wildman–Crippen MR) is 47.2 cm³/mol. The van der Waals surface area contributed by atoms with Gasteiger partial charge in [0.2, 0.25) is 0 Å². The van der Waals surface area contributed by atoms with Crippen molar-refractivity contribution in [3.8, 4) is 6.07 Å².